The van der Waals surface area contributed by atoms with Crippen molar-refractivity contribution < 1.29 is 9.32 Å². The molecule has 1 aromatic heterocycles. The average molecular weight is 329 g/mol. The third-order valence-corrected chi connectivity index (χ3v) is 4.01. The molecule has 0 bridgehead atoms. The number of rotatable bonds is 5. The molecule has 0 unspecified atom stereocenters. The quantitative estimate of drug-likeness (QED) is 0.904. The summed E-state index contributed by atoms with van der Waals surface area (Å²) < 4.78 is 5.33. The van der Waals surface area contributed by atoms with Gasteiger partial charge in [0, 0.05) is 37.8 Å². The van der Waals surface area contributed by atoms with Crippen molar-refractivity contribution in [2.24, 2.45) is 0 Å². The predicted molar refractivity (Wildman–Crippen MR) is 92.1 cm³/mol. The molecule has 2 heterocycles. The highest BCUT2D eigenvalue weighted by molar-refractivity contribution is 5.92. The van der Waals surface area contributed by atoms with Crippen molar-refractivity contribution in [1.29, 1.82) is 0 Å². The molecule has 1 saturated heterocycles. The number of nitrogens with one attached hydrogen (secondary N) is 1. The molecule has 0 radical (unpaired) electrons. The van der Waals surface area contributed by atoms with E-state index in [4.69, 9.17) is 4.52 Å². The molecule has 2 aromatic rings. The van der Waals surface area contributed by atoms with Crippen molar-refractivity contribution in [3.8, 4) is 0 Å². The SMILES string of the molecule is CC(C)c1noc(N2CCN(CC(=O)Nc3ccccc3)CC2)n1. The molecule has 0 saturated carbocycles. The van der Waals surface area contributed by atoms with Crippen molar-refractivity contribution in [2.75, 3.05) is 42.9 Å². The van der Waals surface area contributed by atoms with Crippen molar-refractivity contribution in [2.45, 2.75) is 19.8 Å². The van der Waals surface area contributed by atoms with E-state index in [1.807, 2.05) is 44.2 Å². The van der Waals surface area contributed by atoms with Crippen LogP contribution in [0.25, 0.3) is 0 Å². The minimum atomic E-state index is 0.00883. The molecule has 1 N–H and O–H groups in total. The van der Waals surface area contributed by atoms with Gasteiger partial charge in [0.25, 0.3) is 0 Å². The van der Waals surface area contributed by atoms with E-state index in [1.165, 1.54) is 0 Å². The fourth-order valence-electron chi connectivity index (χ4n) is 2.61. The zero-order chi connectivity index (χ0) is 16.9. The Labute approximate surface area is 141 Å². The topological polar surface area (TPSA) is 74.5 Å². The van der Waals surface area contributed by atoms with Crippen molar-refractivity contribution in [3.63, 3.8) is 0 Å². The second kappa shape index (κ2) is 7.44. The van der Waals surface area contributed by atoms with Crippen LogP contribution in [0.15, 0.2) is 34.9 Å². The van der Waals surface area contributed by atoms with E-state index in [2.05, 4.69) is 25.3 Å². The summed E-state index contributed by atoms with van der Waals surface area (Å²) in [5.74, 6) is 0.995. The van der Waals surface area contributed by atoms with Gasteiger partial charge in [-0.15, -0.1) is 0 Å². The van der Waals surface area contributed by atoms with E-state index in [0.717, 1.165) is 37.7 Å². The largest absolute Gasteiger partial charge is 0.325 e. The van der Waals surface area contributed by atoms with Crippen molar-refractivity contribution in [3.05, 3.63) is 36.2 Å². The Morgan fingerprint density at radius 3 is 2.54 bits per heavy atom. The van der Waals surface area contributed by atoms with Crippen LogP contribution >= 0.6 is 0 Å². The fourth-order valence-corrected chi connectivity index (χ4v) is 2.61. The van der Waals surface area contributed by atoms with E-state index in [9.17, 15) is 4.79 Å². The number of carbonyl (C=O) groups excluding carboxylic acids is 1. The molecule has 24 heavy (non-hydrogen) atoms. The van der Waals surface area contributed by atoms with Gasteiger partial charge in [-0.25, -0.2) is 0 Å². The summed E-state index contributed by atoms with van der Waals surface area (Å²) in [7, 11) is 0. The third kappa shape index (κ3) is 4.11. The lowest BCUT2D eigenvalue weighted by Gasteiger charge is -2.32. The first-order valence-electron chi connectivity index (χ1n) is 8.27. The standard InChI is InChI=1S/C17H23N5O2/c1-13(2)16-19-17(24-20-16)22-10-8-21(9-11-22)12-15(23)18-14-6-4-3-5-7-14/h3-7,13H,8-12H2,1-2H3,(H,18,23). The average Bonchev–Trinajstić information content (AvgIpc) is 3.07. The zero-order valence-electron chi connectivity index (χ0n) is 14.1. The van der Waals surface area contributed by atoms with Crippen molar-refractivity contribution >= 4 is 17.6 Å². The second-order valence-corrected chi connectivity index (χ2v) is 6.27. The minimum absolute atomic E-state index is 0.00883. The number of para-hydroxylation sites is 1. The molecule has 0 aliphatic carbocycles. The van der Waals surface area contributed by atoms with Crippen LogP contribution in [-0.2, 0) is 4.79 Å². The molecule has 0 atom stereocenters. The fraction of sp³-hybridized carbons (Fsp3) is 0.471. The molecule has 1 fully saturated rings. The van der Waals surface area contributed by atoms with Crippen LogP contribution in [0.1, 0.15) is 25.6 Å². The van der Waals surface area contributed by atoms with Crippen LogP contribution in [0.4, 0.5) is 11.7 Å². The van der Waals surface area contributed by atoms with E-state index in [1.54, 1.807) is 0 Å². The molecular formula is C17H23N5O2. The van der Waals surface area contributed by atoms with Gasteiger partial charge in [0.2, 0.25) is 5.91 Å². The lowest BCUT2D eigenvalue weighted by molar-refractivity contribution is -0.117. The Morgan fingerprint density at radius 1 is 1.21 bits per heavy atom. The van der Waals surface area contributed by atoms with Gasteiger partial charge in [-0.1, -0.05) is 37.2 Å². The highest BCUT2D eigenvalue weighted by Gasteiger charge is 2.23. The Kier molecular flexibility index (Phi) is 5.10. The maximum absolute atomic E-state index is 12.1. The van der Waals surface area contributed by atoms with E-state index >= 15 is 0 Å². The number of nitrogens with zero attached hydrogens (tertiary/aromatic N) is 4. The van der Waals surface area contributed by atoms with Crippen LogP contribution in [0.5, 0.6) is 0 Å². The molecule has 0 spiro atoms. The van der Waals surface area contributed by atoms with Crippen molar-refractivity contribution in [1.82, 2.24) is 15.0 Å². The Balaban J connectivity index is 1.47. The van der Waals surface area contributed by atoms with Crippen LogP contribution < -0.4 is 10.2 Å². The first kappa shape index (κ1) is 16.4. The first-order valence-corrected chi connectivity index (χ1v) is 8.27. The molecule has 1 aliphatic rings. The lowest BCUT2D eigenvalue weighted by Crippen LogP contribution is -2.48. The van der Waals surface area contributed by atoms with Gasteiger partial charge in [0.15, 0.2) is 5.82 Å². The van der Waals surface area contributed by atoms with E-state index < -0.39 is 0 Å². The smallest absolute Gasteiger partial charge is 0.324 e. The molecule has 1 aromatic carbocycles. The maximum Gasteiger partial charge on any atom is 0.324 e. The van der Waals surface area contributed by atoms with Gasteiger partial charge >= 0.3 is 6.01 Å². The third-order valence-electron chi connectivity index (χ3n) is 4.01. The van der Waals surface area contributed by atoms with Crippen LogP contribution in [-0.4, -0.2) is 53.7 Å². The maximum atomic E-state index is 12.1. The van der Waals surface area contributed by atoms with Gasteiger partial charge in [0.05, 0.1) is 6.54 Å². The van der Waals surface area contributed by atoms with Gasteiger partial charge < -0.3 is 14.7 Å². The zero-order valence-corrected chi connectivity index (χ0v) is 14.1. The van der Waals surface area contributed by atoms with Gasteiger partial charge in [-0.2, -0.15) is 4.98 Å². The molecule has 1 amide bonds. The van der Waals surface area contributed by atoms with E-state index in [-0.39, 0.29) is 11.8 Å². The molecule has 7 heteroatoms. The number of anilines is 2. The number of aromatic nitrogens is 2. The van der Waals surface area contributed by atoms with Crippen LogP contribution in [0, 0.1) is 0 Å². The summed E-state index contributed by atoms with van der Waals surface area (Å²) in [6.45, 7) is 7.61. The van der Waals surface area contributed by atoms with E-state index in [0.29, 0.717) is 12.6 Å². The summed E-state index contributed by atoms with van der Waals surface area (Å²) in [6.07, 6.45) is 0. The number of hydrogen-bond acceptors (Lipinski definition) is 6. The van der Waals surface area contributed by atoms with Gasteiger partial charge in [-0.3, -0.25) is 9.69 Å². The monoisotopic (exact) mass is 329 g/mol. The Morgan fingerprint density at radius 2 is 1.92 bits per heavy atom. The Bertz CT molecular complexity index is 663. The number of benzene rings is 1. The first-order chi connectivity index (χ1) is 11.6. The molecular weight excluding hydrogens is 306 g/mol. The summed E-state index contributed by atoms with van der Waals surface area (Å²) in [5.41, 5.74) is 0.827. The van der Waals surface area contributed by atoms with Gasteiger partial charge in [-0.05, 0) is 12.1 Å². The summed E-state index contributed by atoms with van der Waals surface area (Å²) in [6, 6.07) is 10.1. The van der Waals surface area contributed by atoms with Gasteiger partial charge in [0.1, 0.15) is 0 Å². The normalized spacial score (nSPS) is 15.7. The van der Waals surface area contributed by atoms with Crippen LogP contribution in [0.3, 0.4) is 0 Å². The number of amides is 1. The molecule has 1 aliphatic heterocycles. The highest BCUT2D eigenvalue weighted by atomic mass is 16.5. The minimum Gasteiger partial charge on any atom is -0.325 e. The second-order valence-electron chi connectivity index (χ2n) is 6.27. The summed E-state index contributed by atoms with van der Waals surface area (Å²) in [5, 5.41) is 6.91. The summed E-state index contributed by atoms with van der Waals surface area (Å²) >= 11 is 0. The Hall–Kier alpha value is -2.41. The molecule has 128 valence electrons. The number of carbonyl (C=O) groups is 1. The lowest BCUT2D eigenvalue weighted by atomic mass is 10.2. The molecule has 7 nitrogen and oxygen atoms in total. The summed E-state index contributed by atoms with van der Waals surface area (Å²) in [4.78, 5) is 20.7. The number of hydrogen-bond donors (Lipinski definition) is 1. The highest BCUT2D eigenvalue weighted by Crippen LogP contribution is 2.17. The predicted octanol–water partition coefficient (Wildman–Crippen LogP) is 1.95. The van der Waals surface area contributed by atoms with Crippen LogP contribution in [0.2, 0.25) is 0 Å². The molecule has 3 rings (SSSR count). The number of piperazine rings is 1.